The molecule has 0 aromatic heterocycles. The molecule has 2 amide bonds. The highest BCUT2D eigenvalue weighted by atomic mass is 79.9. The quantitative estimate of drug-likeness (QED) is 0.268. The second kappa shape index (κ2) is 13.7. The Hall–Kier alpha value is -2.51. The van der Waals surface area contributed by atoms with Gasteiger partial charge in [0.1, 0.15) is 0 Å². The third-order valence-electron chi connectivity index (χ3n) is 5.02. The van der Waals surface area contributed by atoms with E-state index < -0.39 is 0 Å². The zero-order chi connectivity index (χ0) is 22.5. The summed E-state index contributed by atoms with van der Waals surface area (Å²) in [6.07, 6.45) is 3.99. The van der Waals surface area contributed by atoms with E-state index in [0.717, 1.165) is 36.0 Å². The van der Waals surface area contributed by atoms with Crippen LogP contribution in [0.3, 0.4) is 0 Å². The first-order chi connectivity index (χ1) is 15.0. The van der Waals surface area contributed by atoms with Crippen molar-refractivity contribution in [3.05, 3.63) is 70.2 Å². The number of nitrogens with one attached hydrogen (secondary N) is 2. The van der Waals surface area contributed by atoms with E-state index in [0.29, 0.717) is 18.5 Å². The minimum Gasteiger partial charge on any atom is -0.352 e. The summed E-state index contributed by atoms with van der Waals surface area (Å²) in [6, 6.07) is 16.6. The lowest BCUT2D eigenvalue weighted by atomic mass is 10.1. The molecule has 0 saturated heterocycles. The van der Waals surface area contributed by atoms with Gasteiger partial charge in [-0.25, -0.2) is 5.43 Å². The molecule has 2 aromatic carbocycles. The summed E-state index contributed by atoms with van der Waals surface area (Å²) in [5.41, 5.74) is 4.25. The predicted molar refractivity (Wildman–Crippen MR) is 129 cm³/mol. The number of nitrogens with zero attached hydrogens (tertiary/aromatic N) is 2. The smallest absolute Gasteiger partial charge is 0.257 e. The Kier molecular flexibility index (Phi) is 11.0. The van der Waals surface area contributed by atoms with E-state index in [1.165, 1.54) is 0 Å². The van der Waals surface area contributed by atoms with Gasteiger partial charge in [0.05, 0.1) is 12.3 Å². The first-order valence-electron chi connectivity index (χ1n) is 10.7. The van der Waals surface area contributed by atoms with Gasteiger partial charge in [-0.2, -0.15) is 5.10 Å². The number of hydrogen-bond donors (Lipinski definition) is 2. The van der Waals surface area contributed by atoms with E-state index in [1.54, 1.807) is 18.3 Å². The van der Waals surface area contributed by atoms with Gasteiger partial charge < -0.3 is 5.32 Å². The Labute approximate surface area is 193 Å². The molecular formula is C24H31BrN4O2. The van der Waals surface area contributed by atoms with Crippen LogP contribution in [0.1, 0.15) is 49.0 Å². The van der Waals surface area contributed by atoms with Crippen LogP contribution >= 0.6 is 15.9 Å². The van der Waals surface area contributed by atoms with Crippen molar-refractivity contribution in [3.8, 4) is 0 Å². The van der Waals surface area contributed by atoms with E-state index in [-0.39, 0.29) is 17.9 Å². The molecule has 0 heterocycles. The highest BCUT2D eigenvalue weighted by Crippen LogP contribution is 2.11. The normalized spacial score (nSPS) is 12.1. The minimum atomic E-state index is -0.250. The molecule has 1 atom stereocenters. The molecule has 7 heteroatoms. The van der Waals surface area contributed by atoms with Gasteiger partial charge in [-0.05, 0) is 62.2 Å². The van der Waals surface area contributed by atoms with Crippen molar-refractivity contribution in [2.75, 3.05) is 19.6 Å². The number of benzene rings is 2. The number of halogens is 1. The number of carbonyl (C=O) groups is 2. The van der Waals surface area contributed by atoms with Crippen LogP contribution in [0.25, 0.3) is 0 Å². The van der Waals surface area contributed by atoms with Gasteiger partial charge in [-0.15, -0.1) is 0 Å². The molecule has 0 aliphatic heterocycles. The number of carbonyl (C=O) groups excluding carboxylic acids is 2. The Balaban J connectivity index is 1.82. The van der Waals surface area contributed by atoms with Crippen molar-refractivity contribution in [3.63, 3.8) is 0 Å². The molecule has 0 aliphatic carbocycles. The molecule has 0 saturated carbocycles. The van der Waals surface area contributed by atoms with Crippen LogP contribution in [0.15, 0.2) is 64.2 Å². The van der Waals surface area contributed by atoms with Crippen LogP contribution in [0.5, 0.6) is 0 Å². The third-order valence-corrected chi connectivity index (χ3v) is 5.51. The molecular weight excluding hydrogens is 456 g/mol. The van der Waals surface area contributed by atoms with Crippen molar-refractivity contribution in [2.24, 2.45) is 5.10 Å². The predicted octanol–water partition coefficient (Wildman–Crippen LogP) is 4.21. The van der Waals surface area contributed by atoms with Crippen LogP contribution in [0.4, 0.5) is 0 Å². The van der Waals surface area contributed by atoms with Crippen LogP contribution in [-0.2, 0) is 4.79 Å². The van der Waals surface area contributed by atoms with Crippen molar-refractivity contribution in [1.82, 2.24) is 15.6 Å². The summed E-state index contributed by atoms with van der Waals surface area (Å²) < 4.78 is 0.961. The molecule has 166 valence electrons. The number of rotatable bonds is 12. The second-order valence-electron chi connectivity index (χ2n) is 7.14. The summed E-state index contributed by atoms with van der Waals surface area (Å²) >= 11 is 3.43. The molecule has 2 rings (SSSR count). The summed E-state index contributed by atoms with van der Waals surface area (Å²) in [5.74, 6) is -0.177. The summed E-state index contributed by atoms with van der Waals surface area (Å²) in [5, 5.41) is 7.06. The lowest BCUT2D eigenvalue weighted by molar-refractivity contribution is -0.126. The lowest BCUT2D eigenvalue weighted by Gasteiger charge is -2.28. The number of unbranched alkanes of at least 4 members (excludes halogenated alkanes) is 1. The molecule has 6 nitrogen and oxygen atoms in total. The first-order valence-corrected chi connectivity index (χ1v) is 11.5. The topological polar surface area (TPSA) is 73.8 Å². The van der Waals surface area contributed by atoms with Crippen LogP contribution in [0, 0.1) is 0 Å². The largest absolute Gasteiger partial charge is 0.352 e. The van der Waals surface area contributed by atoms with Gasteiger partial charge >= 0.3 is 0 Å². The van der Waals surface area contributed by atoms with Crippen LogP contribution < -0.4 is 10.7 Å². The molecule has 2 N–H and O–H groups in total. The van der Waals surface area contributed by atoms with E-state index in [1.807, 2.05) is 42.5 Å². The molecule has 0 radical (unpaired) electrons. The fraction of sp³-hybridized carbons (Fsp3) is 0.375. The van der Waals surface area contributed by atoms with Gasteiger partial charge in [0.2, 0.25) is 0 Å². The van der Waals surface area contributed by atoms with E-state index in [2.05, 4.69) is 50.5 Å². The van der Waals surface area contributed by atoms with Gasteiger partial charge in [-0.1, -0.05) is 60.1 Å². The third kappa shape index (κ3) is 8.63. The Morgan fingerprint density at radius 3 is 2.48 bits per heavy atom. The Morgan fingerprint density at radius 2 is 1.81 bits per heavy atom. The maximum Gasteiger partial charge on any atom is 0.257 e. The molecule has 0 bridgehead atoms. The molecule has 0 aliphatic rings. The van der Waals surface area contributed by atoms with Gasteiger partial charge in [0.15, 0.2) is 0 Å². The highest BCUT2D eigenvalue weighted by Gasteiger charge is 2.23. The SMILES string of the molecule is CCN(CC)C(CCCCNC(=O)c1ccccc1)C(=O)NN=Cc1cccc(Br)c1. The zero-order valence-electron chi connectivity index (χ0n) is 18.2. The number of amides is 2. The molecule has 0 spiro atoms. The van der Waals surface area contributed by atoms with Crippen molar-refractivity contribution in [1.29, 1.82) is 0 Å². The maximum atomic E-state index is 12.8. The second-order valence-corrected chi connectivity index (χ2v) is 8.06. The zero-order valence-corrected chi connectivity index (χ0v) is 19.8. The monoisotopic (exact) mass is 486 g/mol. The van der Waals surface area contributed by atoms with Gasteiger partial charge in [-0.3, -0.25) is 14.5 Å². The van der Waals surface area contributed by atoms with E-state index in [4.69, 9.17) is 0 Å². The highest BCUT2D eigenvalue weighted by molar-refractivity contribution is 9.10. The Bertz CT molecular complexity index is 854. The summed E-state index contributed by atoms with van der Waals surface area (Å²) in [6.45, 7) is 6.26. The molecule has 2 aromatic rings. The minimum absolute atomic E-state index is 0.0690. The van der Waals surface area contributed by atoms with E-state index in [9.17, 15) is 9.59 Å². The fourth-order valence-electron chi connectivity index (χ4n) is 3.33. The van der Waals surface area contributed by atoms with Crippen molar-refractivity contribution < 1.29 is 9.59 Å². The number of hydrogen-bond acceptors (Lipinski definition) is 4. The lowest BCUT2D eigenvalue weighted by Crippen LogP contribution is -2.45. The summed E-state index contributed by atoms with van der Waals surface area (Å²) in [7, 11) is 0. The van der Waals surface area contributed by atoms with Crippen LogP contribution in [0.2, 0.25) is 0 Å². The van der Waals surface area contributed by atoms with E-state index >= 15 is 0 Å². The van der Waals surface area contributed by atoms with Gasteiger partial charge in [0, 0.05) is 16.6 Å². The van der Waals surface area contributed by atoms with Crippen molar-refractivity contribution >= 4 is 34.0 Å². The standard InChI is InChI=1S/C24H31BrN4O2/c1-3-29(4-2)22(24(31)28-27-18-19-11-10-14-21(25)17-19)15-8-9-16-26-23(30)20-12-6-5-7-13-20/h5-7,10-14,17-18,22H,3-4,8-9,15-16H2,1-2H3,(H,26,30)(H,28,31). The fourth-order valence-corrected chi connectivity index (χ4v) is 3.75. The molecule has 0 fully saturated rings. The average Bonchev–Trinajstić information content (AvgIpc) is 2.78. The first kappa shape index (κ1) is 24.8. The van der Waals surface area contributed by atoms with Crippen LogP contribution in [-0.4, -0.2) is 48.6 Å². The number of hydrazone groups is 1. The summed E-state index contributed by atoms with van der Waals surface area (Å²) in [4.78, 5) is 27.0. The van der Waals surface area contributed by atoms with Crippen molar-refractivity contribution in [2.45, 2.75) is 39.2 Å². The van der Waals surface area contributed by atoms with Gasteiger partial charge in [0.25, 0.3) is 11.8 Å². The Morgan fingerprint density at radius 1 is 1.06 bits per heavy atom. The average molecular weight is 487 g/mol. The number of likely N-dealkylation sites (N-methyl/N-ethyl adjacent to an activating group) is 1. The molecule has 1 unspecified atom stereocenters. The maximum absolute atomic E-state index is 12.8. The molecule has 31 heavy (non-hydrogen) atoms.